The van der Waals surface area contributed by atoms with Crippen LogP contribution in [0.15, 0.2) is 24.3 Å². The van der Waals surface area contributed by atoms with Gasteiger partial charge in [0, 0.05) is 13.3 Å². The molecule has 0 spiro atoms. The van der Waals surface area contributed by atoms with Crippen molar-refractivity contribution in [2.24, 2.45) is 0 Å². The third-order valence-electron chi connectivity index (χ3n) is 2.25. The van der Waals surface area contributed by atoms with Crippen molar-refractivity contribution in [1.82, 2.24) is 0 Å². The van der Waals surface area contributed by atoms with Gasteiger partial charge in [0.2, 0.25) is 0 Å². The summed E-state index contributed by atoms with van der Waals surface area (Å²) in [5, 5.41) is 8.76. The van der Waals surface area contributed by atoms with Crippen molar-refractivity contribution in [2.45, 2.75) is 32.8 Å². The predicted octanol–water partition coefficient (Wildman–Crippen LogP) is 2.27. The molecule has 0 aliphatic rings. The molecule has 1 aromatic carbocycles. The molecule has 0 amide bonds. The Morgan fingerprint density at radius 2 is 1.76 bits per heavy atom. The van der Waals surface area contributed by atoms with Crippen LogP contribution in [0, 0.1) is 0 Å². The number of carboxylic acid groups (broad SMARTS) is 1. The van der Waals surface area contributed by atoms with E-state index in [1.54, 1.807) is 24.3 Å². The van der Waals surface area contributed by atoms with E-state index in [4.69, 9.17) is 9.84 Å². The molecule has 0 saturated carbocycles. The molecule has 0 fully saturated rings. The number of carboxylic acids is 1. The van der Waals surface area contributed by atoms with E-state index < -0.39 is 11.6 Å². The summed E-state index contributed by atoms with van der Waals surface area (Å²) in [5.74, 6) is -1.27. The Balaban J connectivity index is 2.75. The van der Waals surface area contributed by atoms with Crippen LogP contribution in [0.4, 0.5) is 0 Å². The Bertz CT molecular complexity index is 418. The first-order valence-electron chi connectivity index (χ1n) is 5.32. The summed E-state index contributed by atoms with van der Waals surface area (Å²) < 4.78 is 5.16. The van der Waals surface area contributed by atoms with Gasteiger partial charge in [0.15, 0.2) is 0 Å². The fraction of sp³-hybridized carbons (Fsp3) is 0.385. The summed E-state index contributed by atoms with van der Waals surface area (Å²) in [6.07, 6.45) is 0.548. The molecule has 0 bridgehead atoms. The van der Waals surface area contributed by atoms with Crippen LogP contribution in [0.2, 0.25) is 0 Å². The lowest BCUT2D eigenvalue weighted by molar-refractivity contribution is -0.153. The van der Waals surface area contributed by atoms with Crippen molar-refractivity contribution in [3.63, 3.8) is 0 Å². The molecule has 4 heteroatoms. The van der Waals surface area contributed by atoms with Crippen LogP contribution in [-0.4, -0.2) is 22.6 Å². The molecule has 0 aromatic heterocycles. The highest BCUT2D eigenvalue weighted by Gasteiger charge is 2.21. The minimum Gasteiger partial charge on any atom is -0.478 e. The largest absolute Gasteiger partial charge is 0.478 e. The van der Waals surface area contributed by atoms with Crippen molar-refractivity contribution >= 4 is 11.9 Å². The van der Waals surface area contributed by atoms with Gasteiger partial charge >= 0.3 is 11.9 Å². The van der Waals surface area contributed by atoms with Crippen molar-refractivity contribution in [3.05, 3.63) is 35.4 Å². The quantitative estimate of drug-likeness (QED) is 0.814. The van der Waals surface area contributed by atoms with Crippen LogP contribution in [0.1, 0.15) is 36.7 Å². The fourth-order valence-electron chi connectivity index (χ4n) is 1.68. The normalized spacial score (nSPS) is 11.0. The summed E-state index contributed by atoms with van der Waals surface area (Å²) in [5.41, 5.74) is 0.594. The van der Waals surface area contributed by atoms with E-state index in [2.05, 4.69) is 0 Å². The summed E-state index contributed by atoms with van der Waals surface area (Å²) in [4.78, 5) is 21.6. The Morgan fingerprint density at radius 1 is 1.24 bits per heavy atom. The minimum atomic E-state index is -0.948. The van der Waals surface area contributed by atoms with Gasteiger partial charge in [-0.05, 0) is 31.5 Å². The van der Waals surface area contributed by atoms with Gasteiger partial charge in [0.25, 0.3) is 0 Å². The average Bonchev–Trinajstić information content (AvgIpc) is 2.15. The molecule has 1 aromatic rings. The van der Waals surface area contributed by atoms with E-state index in [1.807, 2.05) is 13.8 Å². The third kappa shape index (κ3) is 4.26. The molecule has 1 rings (SSSR count). The van der Waals surface area contributed by atoms with E-state index in [9.17, 15) is 9.59 Å². The molecule has 0 unspecified atom stereocenters. The molecule has 0 aliphatic heterocycles. The van der Waals surface area contributed by atoms with Gasteiger partial charge in [-0.15, -0.1) is 0 Å². The number of aromatic carboxylic acids is 1. The number of ether oxygens (including phenoxy) is 1. The standard InChI is InChI=1S/C13H16O4/c1-9(14)17-13(2,3)8-10-4-6-11(7-5-10)12(15)16/h4-7H,8H2,1-3H3,(H,15,16). The highest BCUT2D eigenvalue weighted by Crippen LogP contribution is 2.17. The van der Waals surface area contributed by atoms with Crippen LogP contribution >= 0.6 is 0 Å². The second-order valence-electron chi connectivity index (χ2n) is 4.53. The molecule has 0 aliphatic carbocycles. The van der Waals surface area contributed by atoms with Gasteiger partial charge in [-0.1, -0.05) is 12.1 Å². The van der Waals surface area contributed by atoms with E-state index >= 15 is 0 Å². The van der Waals surface area contributed by atoms with Gasteiger partial charge < -0.3 is 9.84 Å². The number of esters is 1. The molecule has 92 valence electrons. The van der Waals surface area contributed by atoms with Gasteiger partial charge in [-0.3, -0.25) is 4.79 Å². The summed E-state index contributed by atoms with van der Waals surface area (Å²) in [6.45, 7) is 5.01. The van der Waals surface area contributed by atoms with Crippen LogP contribution in [0.25, 0.3) is 0 Å². The van der Waals surface area contributed by atoms with Gasteiger partial charge in [-0.25, -0.2) is 4.79 Å². The zero-order chi connectivity index (χ0) is 13.1. The Morgan fingerprint density at radius 3 is 2.18 bits per heavy atom. The summed E-state index contributed by atoms with van der Waals surface area (Å²) in [6, 6.07) is 6.55. The zero-order valence-corrected chi connectivity index (χ0v) is 10.2. The number of carbonyl (C=O) groups excluding carboxylic acids is 1. The molecule has 0 saturated heterocycles. The number of hydrogen-bond acceptors (Lipinski definition) is 3. The smallest absolute Gasteiger partial charge is 0.335 e. The maximum absolute atomic E-state index is 10.9. The van der Waals surface area contributed by atoms with Crippen LogP contribution in [0.5, 0.6) is 0 Å². The monoisotopic (exact) mass is 236 g/mol. The Kier molecular flexibility index (Phi) is 3.89. The topological polar surface area (TPSA) is 63.6 Å². The van der Waals surface area contributed by atoms with Gasteiger partial charge in [0.1, 0.15) is 5.60 Å². The Hall–Kier alpha value is -1.84. The highest BCUT2D eigenvalue weighted by molar-refractivity contribution is 5.87. The molecule has 0 heterocycles. The molecular formula is C13H16O4. The van der Waals surface area contributed by atoms with Gasteiger partial charge in [0.05, 0.1) is 5.56 Å². The lowest BCUT2D eigenvalue weighted by Gasteiger charge is -2.24. The Labute approximate surface area is 100 Å². The lowest BCUT2D eigenvalue weighted by atomic mass is 9.97. The SMILES string of the molecule is CC(=O)OC(C)(C)Cc1ccc(C(=O)O)cc1. The highest BCUT2D eigenvalue weighted by atomic mass is 16.6. The van der Waals surface area contributed by atoms with Crippen LogP contribution in [0.3, 0.4) is 0 Å². The maximum Gasteiger partial charge on any atom is 0.335 e. The number of rotatable bonds is 4. The predicted molar refractivity (Wildman–Crippen MR) is 63.0 cm³/mol. The van der Waals surface area contributed by atoms with Crippen molar-refractivity contribution in [2.75, 3.05) is 0 Å². The number of hydrogen-bond donors (Lipinski definition) is 1. The fourth-order valence-corrected chi connectivity index (χ4v) is 1.68. The van der Waals surface area contributed by atoms with Crippen molar-refractivity contribution in [1.29, 1.82) is 0 Å². The van der Waals surface area contributed by atoms with E-state index in [-0.39, 0.29) is 11.5 Å². The van der Waals surface area contributed by atoms with E-state index in [0.717, 1.165) is 5.56 Å². The first-order valence-corrected chi connectivity index (χ1v) is 5.32. The zero-order valence-electron chi connectivity index (χ0n) is 10.2. The number of benzene rings is 1. The van der Waals surface area contributed by atoms with Crippen LogP contribution < -0.4 is 0 Å². The van der Waals surface area contributed by atoms with Gasteiger partial charge in [-0.2, -0.15) is 0 Å². The van der Waals surface area contributed by atoms with E-state index in [0.29, 0.717) is 6.42 Å². The van der Waals surface area contributed by atoms with Crippen LogP contribution in [-0.2, 0) is 16.0 Å². The molecular weight excluding hydrogens is 220 g/mol. The van der Waals surface area contributed by atoms with Crippen molar-refractivity contribution in [3.8, 4) is 0 Å². The molecule has 0 atom stereocenters. The first-order chi connectivity index (χ1) is 7.80. The summed E-state index contributed by atoms with van der Waals surface area (Å²) >= 11 is 0. The lowest BCUT2D eigenvalue weighted by Crippen LogP contribution is -2.29. The maximum atomic E-state index is 10.9. The molecule has 1 N–H and O–H groups in total. The second-order valence-corrected chi connectivity index (χ2v) is 4.53. The second kappa shape index (κ2) is 4.99. The average molecular weight is 236 g/mol. The molecule has 4 nitrogen and oxygen atoms in total. The minimum absolute atomic E-state index is 0.249. The summed E-state index contributed by atoms with van der Waals surface area (Å²) in [7, 11) is 0. The first kappa shape index (κ1) is 13.2. The number of carbonyl (C=O) groups is 2. The molecule has 17 heavy (non-hydrogen) atoms. The third-order valence-corrected chi connectivity index (χ3v) is 2.25. The molecule has 0 radical (unpaired) electrons. The van der Waals surface area contributed by atoms with E-state index in [1.165, 1.54) is 6.92 Å². The van der Waals surface area contributed by atoms with Crippen molar-refractivity contribution < 1.29 is 19.4 Å².